The molecule has 0 radical (unpaired) electrons. The van der Waals surface area contributed by atoms with Crippen LogP contribution in [-0.4, -0.2) is 38.0 Å². The van der Waals surface area contributed by atoms with Gasteiger partial charge in [-0.1, -0.05) is 0 Å². The smallest absolute Gasteiger partial charge is 0.305 e. The van der Waals surface area contributed by atoms with Gasteiger partial charge in [0, 0.05) is 18.4 Å². The average Bonchev–Trinajstić information content (AvgIpc) is 2.88. The number of amides is 1. The molecule has 2 aromatic heterocycles. The molecule has 1 unspecified atom stereocenters. The van der Waals surface area contributed by atoms with Gasteiger partial charge in [0.2, 0.25) is 0 Å². The molecular weight excluding hydrogens is 280 g/mol. The highest BCUT2D eigenvalue weighted by atomic mass is 32.1. The second-order valence-electron chi connectivity index (χ2n) is 4.07. The zero-order chi connectivity index (χ0) is 14.5. The number of hydrogen-bond acceptors (Lipinski definition) is 6. The zero-order valence-corrected chi connectivity index (χ0v) is 11.4. The topological polar surface area (TPSA) is 105 Å². The lowest BCUT2D eigenvalue weighted by Crippen LogP contribution is -2.33. The molecule has 2 rings (SSSR count). The number of carboxylic acid groups (broad SMARTS) is 1. The summed E-state index contributed by atoms with van der Waals surface area (Å²) in [6, 6.07) is 1.25. The van der Waals surface area contributed by atoms with Crippen LogP contribution in [0.1, 0.15) is 23.0 Å². The standard InChI is InChI=1S/C12H12N4O3S/c1-7(5-9(17)18)16-11(19)8-6-15-12(20-8)10-13-3-2-4-14-10/h2-4,6-7H,5H2,1H3,(H,16,19)(H,17,18). The lowest BCUT2D eigenvalue weighted by molar-refractivity contribution is -0.137. The van der Waals surface area contributed by atoms with Gasteiger partial charge in [-0.05, 0) is 13.0 Å². The summed E-state index contributed by atoms with van der Waals surface area (Å²) < 4.78 is 0. The molecule has 1 atom stereocenters. The summed E-state index contributed by atoms with van der Waals surface area (Å²) in [4.78, 5) is 35.0. The third kappa shape index (κ3) is 3.58. The van der Waals surface area contributed by atoms with Crippen LogP contribution in [0.5, 0.6) is 0 Å². The SMILES string of the molecule is CC(CC(=O)O)NC(=O)c1cnc(-c2ncccn2)s1. The maximum atomic E-state index is 11.9. The van der Waals surface area contributed by atoms with E-state index < -0.39 is 12.0 Å². The number of aliphatic carboxylic acids is 1. The van der Waals surface area contributed by atoms with E-state index in [0.717, 1.165) is 11.3 Å². The second-order valence-corrected chi connectivity index (χ2v) is 5.11. The summed E-state index contributed by atoms with van der Waals surface area (Å²) in [6.07, 6.45) is 4.50. The predicted octanol–water partition coefficient (Wildman–Crippen LogP) is 1.19. The first-order valence-corrected chi connectivity index (χ1v) is 6.64. The van der Waals surface area contributed by atoms with E-state index in [1.165, 1.54) is 6.20 Å². The summed E-state index contributed by atoms with van der Waals surface area (Å²) in [5.41, 5.74) is 0. The first kappa shape index (κ1) is 14.1. The Morgan fingerprint density at radius 2 is 2.05 bits per heavy atom. The number of thiazole rings is 1. The van der Waals surface area contributed by atoms with Crippen LogP contribution in [0.25, 0.3) is 10.8 Å². The van der Waals surface area contributed by atoms with Gasteiger partial charge < -0.3 is 10.4 Å². The van der Waals surface area contributed by atoms with E-state index in [0.29, 0.717) is 15.7 Å². The Balaban J connectivity index is 2.05. The van der Waals surface area contributed by atoms with Crippen molar-refractivity contribution in [3.05, 3.63) is 29.5 Å². The van der Waals surface area contributed by atoms with Crippen molar-refractivity contribution < 1.29 is 14.7 Å². The Bertz CT molecular complexity index is 614. The van der Waals surface area contributed by atoms with Crippen molar-refractivity contribution in [3.8, 4) is 10.8 Å². The minimum Gasteiger partial charge on any atom is -0.481 e. The monoisotopic (exact) mass is 292 g/mol. The van der Waals surface area contributed by atoms with Crippen molar-refractivity contribution in [1.29, 1.82) is 0 Å². The molecule has 0 bridgehead atoms. The number of nitrogens with one attached hydrogen (secondary N) is 1. The van der Waals surface area contributed by atoms with Gasteiger partial charge in [0.25, 0.3) is 5.91 Å². The highest BCUT2D eigenvalue weighted by molar-refractivity contribution is 7.16. The molecule has 0 saturated heterocycles. The Labute approximate surface area is 118 Å². The number of carbonyl (C=O) groups is 2. The molecule has 2 heterocycles. The number of carboxylic acids is 1. The number of rotatable bonds is 5. The minimum absolute atomic E-state index is 0.126. The van der Waals surface area contributed by atoms with Gasteiger partial charge in [-0.25, -0.2) is 15.0 Å². The first-order valence-electron chi connectivity index (χ1n) is 5.82. The van der Waals surface area contributed by atoms with E-state index in [1.807, 2.05) is 0 Å². The number of aromatic nitrogens is 3. The molecular formula is C12H12N4O3S. The van der Waals surface area contributed by atoms with Crippen molar-refractivity contribution in [2.75, 3.05) is 0 Å². The summed E-state index contributed by atoms with van der Waals surface area (Å²) in [5, 5.41) is 11.8. The fourth-order valence-electron chi connectivity index (χ4n) is 1.50. The van der Waals surface area contributed by atoms with E-state index in [-0.39, 0.29) is 12.3 Å². The lowest BCUT2D eigenvalue weighted by atomic mass is 10.2. The molecule has 2 aromatic rings. The maximum absolute atomic E-state index is 11.9. The molecule has 104 valence electrons. The highest BCUT2D eigenvalue weighted by Gasteiger charge is 2.16. The average molecular weight is 292 g/mol. The number of carbonyl (C=O) groups excluding carboxylic acids is 1. The van der Waals surface area contributed by atoms with Crippen LogP contribution in [0, 0.1) is 0 Å². The highest BCUT2D eigenvalue weighted by Crippen LogP contribution is 2.21. The molecule has 0 aliphatic carbocycles. The van der Waals surface area contributed by atoms with Crippen molar-refractivity contribution in [3.63, 3.8) is 0 Å². The summed E-state index contributed by atoms with van der Waals surface area (Å²) in [7, 11) is 0. The van der Waals surface area contributed by atoms with Crippen molar-refractivity contribution >= 4 is 23.2 Å². The molecule has 20 heavy (non-hydrogen) atoms. The Morgan fingerprint density at radius 1 is 1.35 bits per heavy atom. The molecule has 7 nitrogen and oxygen atoms in total. The fourth-order valence-corrected chi connectivity index (χ4v) is 2.27. The van der Waals surface area contributed by atoms with E-state index >= 15 is 0 Å². The first-order chi connectivity index (χ1) is 9.56. The molecule has 1 amide bonds. The normalized spacial score (nSPS) is 11.8. The molecule has 0 aliphatic rings. The van der Waals surface area contributed by atoms with Crippen LogP contribution in [-0.2, 0) is 4.79 Å². The molecule has 0 saturated carbocycles. The van der Waals surface area contributed by atoms with Crippen LogP contribution >= 0.6 is 11.3 Å². The molecule has 0 aromatic carbocycles. The van der Waals surface area contributed by atoms with Crippen LogP contribution in [0.4, 0.5) is 0 Å². The van der Waals surface area contributed by atoms with E-state index in [9.17, 15) is 9.59 Å². The molecule has 0 spiro atoms. The van der Waals surface area contributed by atoms with Crippen LogP contribution in [0.15, 0.2) is 24.7 Å². The molecule has 2 N–H and O–H groups in total. The molecule has 0 aliphatic heterocycles. The van der Waals surface area contributed by atoms with Gasteiger partial charge in [0.15, 0.2) is 10.8 Å². The Hall–Kier alpha value is -2.35. The zero-order valence-electron chi connectivity index (χ0n) is 10.6. The van der Waals surface area contributed by atoms with Crippen LogP contribution in [0.3, 0.4) is 0 Å². The number of hydrogen-bond donors (Lipinski definition) is 2. The molecule has 0 fully saturated rings. The third-order valence-electron chi connectivity index (χ3n) is 2.34. The van der Waals surface area contributed by atoms with Gasteiger partial charge in [-0.3, -0.25) is 9.59 Å². The maximum Gasteiger partial charge on any atom is 0.305 e. The van der Waals surface area contributed by atoms with Gasteiger partial charge in [0.05, 0.1) is 12.6 Å². The van der Waals surface area contributed by atoms with Gasteiger partial charge in [-0.15, -0.1) is 11.3 Å². The lowest BCUT2D eigenvalue weighted by Gasteiger charge is -2.09. The number of nitrogens with zero attached hydrogens (tertiary/aromatic N) is 3. The van der Waals surface area contributed by atoms with Gasteiger partial charge >= 0.3 is 5.97 Å². The molecule has 8 heteroatoms. The van der Waals surface area contributed by atoms with E-state index in [4.69, 9.17) is 5.11 Å². The predicted molar refractivity (Wildman–Crippen MR) is 72.3 cm³/mol. The van der Waals surface area contributed by atoms with Crippen LogP contribution < -0.4 is 5.32 Å². The minimum atomic E-state index is -0.958. The second kappa shape index (κ2) is 6.20. The van der Waals surface area contributed by atoms with Crippen molar-refractivity contribution in [1.82, 2.24) is 20.3 Å². The summed E-state index contributed by atoms with van der Waals surface area (Å²) in [6.45, 7) is 1.63. The quantitative estimate of drug-likeness (QED) is 0.857. The fraction of sp³-hybridized carbons (Fsp3) is 0.250. The van der Waals surface area contributed by atoms with Crippen LogP contribution in [0.2, 0.25) is 0 Å². The Morgan fingerprint density at radius 3 is 2.70 bits per heavy atom. The van der Waals surface area contributed by atoms with Gasteiger partial charge in [0.1, 0.15) is 4.88 Å². The Kier molecular flexibility index (Phi) is 4.36. The third-order valence-corrected chi connectivity index (χ3v) is 3.34. The van der Waals surface area contributed by atoms with Gasteiger partial charge in [-0.2, -0.15) is 0 Å². The van der Waals surface area contributed by atoms with Crippen molar-refractivity contribution in [2.45, 2.75) is 19.4 Å². The van der Waals surface area contributed by atoms with E-state index in [1.54, 1.807) is 25.4 Å². The summed E-state index contributed by atoms with van der Waals surface area (Å²) in [5.74, 6) is -0.853. The van der Waals surface area contributed by atoms with E-state index in [2.05, 4.69) is 20.3 Å². The van der Waals surface area contributed by atoms with Crippen molar-refractivity contribution in [2.24, 2.45) is 0 Å². The summed E-state index contributed by atoms with van der Waals surface area (Å²) >= 11 is 1.16. The largest absolute Gasteiger partial charge is 0.481 e.